The first-order valence-electron chi connectivity index (χ1n) is 7.29. The van der Waals surface area contributed by atoms with Gasteiger partial charge in [0.2, 0.25) is 0 Å². The number of halogens is 2. The number of benzene rings is 1. The third kappa shape index (κ3) is 3.46. The van der Waals surface area contributed by atoms with Gasteiger partial charge in [0.1, 0.15) is 17.7 Å². The van der Waals surface area contributed by atoms with Crippen LogP contribution in [-0.2, 0) is 0 Å². The lowest BCUT2D eigenvalue weighted by molar-refractivity contribution is 0.0465. The molecule has 1 aromatic carbocycles. The number of nitrogen functional groups attached to an aromatic ring is 1. The number of ether oxygens (including phenoxy) is 1. The zero-order valence-corrected chi connectivity index (χ0v) is 13.9. The van der Waals surface area contributed by atoms with Gasteiger partial charge in [0.05, 0.1) is 10.2 Å². The van der Waals surface area contributed by atoms with Gasteiger partial charge in [-0.05, 0) is 52.6 Å². The first-order chi connectivity index (χ1) is 9.38. The van der Waals surface area contributed by atoms with Crippen LogP contribution in [0.5, 0.6) is 5.75 Å². The van der Waals surface area contributed by atoms with E-state index in [1.54, 1.807) is 6.07 Å². The molecule has 112 valence electrons. The summed E-state index contributed by atoms with van der Waals surface area (Å²) in [5, 5.41) is 0. The predicted octanol–water partition coefficient (Wildman–Crippen LogP) is 5.01. The lowest BCUT2D eigenvalue weighted by atomic mass is 9.75. The van der Waals surface area contributed by atoms with E-state index >= 15 is 0 Å². The Bertz CT molecular complexity index is 478. The van der Waals surface area contributed by atoms with Crippen molar-refractivity contribution in [2.75, 3.05) is 5.73 Å². The van der Waals surface area contributed by atoms with Crippen molar-refractivity contribution in [2.24, 2.45) is 17.8 Å². The van der Waals surface area contributed by atoms with Crippen molar-refractivity contribution >= 4 is 21.6 Å². The van der Waals surface area contributed by atoms with Gasteiger partial charge in [0.15, 0.2) is 0 Å². The van der Waals surface area contributed by atoms with Crippen molar-refractivity contribution in [3.8, 4) is 5.75 Å². The van der Waals surface area contributed by atoms with Gasteiger partial charge in [-0.25, -0.2) is 4.39 Å². The maximum absolute atomic E-state index is 13.4. The van der Waals surface area contributed by atoms with Crippen LogP contribution < -0.4 is 10.5 Å². The molecular formula is C16H23BrFNO. The Morgan fingerprint density at radius 3 is 2.70 bits per heavy atom. The Morgan fingerprint density at radius 2 is 2.05 bits per heavy atom. The standard InChI is InChI=1S/C16H23BrFNO/c1-9(2)11-5-4-10(3)6-15(11)20-16-7-12(17)13(18)8-14(16)19/h7-11,15H,4-6,19H2,1-3H3. The lowest BCUT2D eigenvalue weighted by Gasteiger charge is -2.37. The van der Waals surface area contributed by atoms with E-state index in [0.29, 0.717) is 33.7 Å². The third-order valence-electron chi connectivity index (χ3n) is 4.29. The van der Waals surface area contributed by atoms with E-state index in [1.165, 1.54) is 18.9 Å². The van der Waals surface area contributed by atoms with Crippen LogP contribution in [0.4, 0.5) is 10.1 Å². The van der Waals surface area contributed by atoms with Crippen LogP contribution in [0.15, 0.2) is 16.6 Å². The smallest absolute Gasteiger partial charge is 0.143 e. The SMILES string of the molecule is CC1CCC(C(C)C)C(Oc2cc(Br)c(F)cc2N)C1. The summed E-state index contributed by atoms with van der Waals surface area (Å²) in [6, 6.07) is 2.96. The zero-order valence-electron chi connectivity index (χ0n) is 12.3. The summed E-state index contributed by atoms with van der Waals surface area (Å²) in [6.07, 6.45) is 3.65. The summed E-state index contributed by atoms with van der Waals surface area (Å²) in [5.41, 5.74) is 6.24. The van der Waals surface area contributed by atoms with Crippen LogP contribution in [0.3, 0.4) is 0 Å². The third-order valence-corrected chi connectivity index (χ3v) is 4.90. The average Bonchev–Trinajstić information content (AvgIpc) is 2.35. The van der Waals surface area contributed by atoms with E-state index in [0.717, 1.165) is 6.42 Å². The Hall–Kier alpha value is -0.770. The minimum atomic E-state index is -0.354. The summed E-state index contributed by atoms with van der Waals surface area (Å²) in [5.74, 6) is 2.02. The molecule has 2 N–H and O–H groups in total. The Labute approximate surface area is 129 Å². The summed E-state index contributed by atoms with van der Waals surface area (Å²) in [6.45, 7) is 6.73. The van der Waals surface area contributed by atoms with Crippen LogP contribution in [0.25, 0.3) is 0 Å². The van der Waals surface area contributed by atoms with Gasteiger partial charge in [-0.1, -0.05) is 27.2 Å². The fourth-order valence-electron chi connectivity index (χ4n) is 3.06. The number of anilines is 1. The maximum Gasteiger partial charge on any atom is 0.143 e. The van der Waals surface area contributed by atoms with Gasteiger partial charge in [0, 0.05) is 6.07 Å². The largest absolute Gasteiger partial charge is 0.488 e. The minimum absolute atomic E-state index is 0.165. The van der Waals surface area contributed by atoms with E-state index in [4.69, 9.17) is 10.5 Å². The molecule has 0 saturated heterocycles. The van der Waals surface area contributed by atoms with Gasteiger partial charge >= 0.3 is 0 Å². The van der Waals surface area contributed by atoms with Crippen molar-refractivity contribution in [3.63, 3.8) is 0 Å². The minimum Gasteiger partial charge on any atom is -0.488 e. The topological polar surface area (TPSA) is 35.2 Å². The molecule has 0 heterocycles. The maximum atomic E-state index is 13.4. The van der Waals surface area contributed by atoms with E-state index < -0.39 is 0 Å². The number of rotatable bonds is 3. The van der Waals surface area contributed by atoms with Gasteiger partial charge in [0.25, 0.3) is 0 Å². The monoisotopic (exact) mass is 343 g/mol. The highest BCUT2D eigenvalue weighted by atomic mass is 79.9. The molecule has 1 saturated carbocycles. The first-order valence-corrected chi connectivity index (χ1v) is 8.09. The highest BCUT2D eigenvalue weighted by molar-refractivity contribution is 9.10. The Balaban J connectivity index is 2.20. The molecule has 4 heteroatoms. The van der Waals surface area contributed by atoms with Gasteiger partial charge in [-0.2, -0.15) is 0 Å². The second-order valence-corrected chi connectivity index (χ2v) is 7.14. The molecule has 1 aromatic rings. The van der Waals surface area contributed by atoms with Crippen molar-refractivity contribution in [1.82, 2.24) is 0 Å². The molecule has 0 bridgehead atoms. The molecule has 0 amide bonds. The lowest BCUT2D eigenvalue weighted by Crippen LogP contribution is -2.36. The molecular weight excluding hydrogens is 321 g/mol. The quantitative estimate of drug-likeness (QED) is 0.783. The van der Waals surface area contributed by atoms with Gasteiger partial charge in [-0.15, -0.1) is 0 Å². The van der Waals surface area contributed by atoms with Gasteiger partial charge < -0.3 is 10.5 Å². The van der Waals surface area contributed by atoms with E-state index in [9.17, 15) is 4.39 Å². The molecule has 2 nitrogen and oxygen atoms in total. The molecule has 1 aliphatic rings. The summed E-state index contributed by atoms with van der Waals surface area (Å²) < 4.78 is 20.0. The van der Waals surface area contributed by atoms with Crippen molar-refractivity contribution in [2.45, 2.75) is 46.1 Å². The normalized spacial score (nSPS) is 26.8. The Kier molecular flexibility index (Phi) is 4.95. The van der Waals surface area contributed by atoms with Gasteiger partial charge in [-0.3, -0.25) is 0 Å². The van der Waals surface area contributed by atoms with Crippen LogP contribution >= 0.6 is 15.9 Å². The summed E-state index contributed by atoms with van der Waals surface area (Å²) >= 11 is 3.19. The average molecular weight is 344 g/mol. The molecule has 1 fully saturated rings. The number of hydrogen-bond donors (Lipinski definition) is 1. The van der Waals surface area contributed by atoms with E-state index in [-0.39, 0.29) is 11.9 Å². The number of nitrogens with two attached hydrogens (primary N) is 1. The predicted molar refractivity (Wildman–Crippen MR) is 84.3 cm³/mol. The second-order valence-electron chi connectivity index (χ2n) is 6.29. The molecule has 0 spiro atoms. The van der Waals surface area contributed by atoms with Crippen LogP contribution in [0, 0.1) is 23.6 Å². The molecule has 20 heavy (non-hydrogen) atoms. The zero-order chi connectivity index (χ0) is 14.9. The van der Waals surface area contributed by atoms with Crippen LogP contribution in [0.2, 0.25) is 0 Å². The first kappa shape index (κ1) is 15.6. The van der Waals surface area contributed by atoms with Crippen LogP contribution in [0.1, 0.15) is 40.0 Å². The molecule has 2 rings (SSSR count). The fraction of sp³-hybridized carbons (Fsp3) is 0.625. The van der Waals surface area contributed by atoms with Crippen molar-refractivity contribution in [3.05, 3.63) is 22.4 Å². The van der Waals surface area contributed by atoms with Crippen LogP contribution in [-0.4, -0.2) is 6.10 Å². The van der Waals surface area contributed by atoms with E-state index in [1.807, 2.05) is 0 Å². The highest BCUT2D eigenvalue weighted by Gasteiger charge is 2.32. The molecule has 0 aromatic heterocycles. The molecule has 3 unspecified atom stereocenters. The summed E-state index contributed by atoms with van der Waals surface area (Å²) in [4.78, 5) is 0. The summed E-state index contributed by atoms with van der Waals surface area (Å²) in [7, 11) is 0. The van der Waals surface area contributed by atoms with Crippen molar-refractivity contribution in [1.29, 1.82) is 0 Å². The fourth-order valence-corrected chi connectivity index (χ4v) is 3.38. The molecule has 3 atom stereocenters. The molecule has 0 aliphatic heterocycles. The van der Waals surface area contributed by atoms with Crippen molar-refractivity contribution < 1.29 is 9.13 Å². The second kappa shape index (κ2) is 6.33. The Morgan fingerprint density at radius 1 is 1.35 bits per heavy atom. The van der Waals surface area contributed by atoms with E-state index in [2.05, 4.69) is 36.7 Å². The highest BCUT2D eigenvalue weighted by Crippen LogP contribution is 2.38. The molecule has 1 aliphatic carbocycles. The molecule has 0 radical (unpaired) electrons. The number of hydrogen-bond acceptors (Lipinski definition) is 2.